The second-order valence-corrected chi connectivity index (χ2v) is 6.21. The van der Waals surface area contributed by atoms with Crippen molar-refractivity contribution in [2.45, 2.75) is 66.2 Å². The van der Waals surface area contributed by atoms with Crippen LogP contribution >= 0.6 is 0 Å². The lowest BCUT2D eigenvalue weighted by Crippen LogP contribution is -2.50. The zero-order valence-corrected chi connectivity index (χ0v) is 14.7. The maximum absolute atomic E-state index is 11.3. The molecule has 0 amide bonds. The smallest absolute Gasteiger partial charge is 0.333 e. The normalized spacial score (nSPS) is 11.4. The van der Waals surface area contributed by atoms with Crippen LogP contribution in [0.2, 0.25) is 0 Å². The van der Waals surface area contributed by atoms with Crippen LogP contribution < -0.4 is 0 Å². The Hall–Kier alpha value is -0.830. The second-order valence-electron chi connectivity index (χ2n) is 6.21. The molecule has 0 heterocycles. The Morgan fingerprint density at radius 3 is 1.86 bits per heavy atom. The average molecular weight is 298 g/mol. The van der Waals surface area contributed by atoms with Crippen LogP contribution in [0.3, 0.4) is 0 Å². The third kappa shape index (κ3) is 8.92. The first-order valence-electron chi connectivity index (χ1n) is 8.69. The zero-order valence-electron chi connectivity index (χ0n) is 14.7. The van der Waals surface area contributed by atoms with Gasteiger partial charge in [-0.15, -0.1) is 0 Å². The van der Waals surface area contributed by atoms with Crippen molar-refractivity contribution in [2.75, 3.05) is 32.8 Å². The van der Waals surface area contributed by atoms with E-state index in [-0.39, 0.29) is 5.97 Å². The Morgan fingerprint density at radius 2 is 1.43 bits per heavy atom. The summed E-state index contributed by atoms with van der Waals surface area (Å²) in [6.45, 7) is 17.8. The molecule has 3 heteroatoms. The Balaban J connectivity index is 4.01. The molecule has 0 fully saturated rings. The van der Waals surface area contributed by atoms with E-state index in [4.69, 9.17) is 4.74 Å². The molecule has 0 aromatic heterocycles. The fraction of sp³-hybridized carbons (Fsp3) is 0.833. The minimum absolute atomic E-state index is 0.261. The molecule has 3 nitrogen and oxygen atoms in total. The van der Waals surface area contributed by atoms with Gasteiger partial charge in [-0.05, 0) is 45.4 Å². The Labute approximate surface area is 131 Å². The number of rotatable bonds is 13. The summed E-state index contributed by atoms with van der Waals surface area (Å²) in [6, 6.07) is 0. The lowest BCUT2D eigenvalue weighted by molar-refractivity contribution is -0.928. The van der Waals surface area contributed by atoms with Crippen molar-refractivity contribution in [3.05, 3.63) is 12.2 Å². The number of hydrogen-bond acceptors (Lipinski definition) is 2. The molecule has 0 saturated carbocycles. The van der Waals surface area contributed by atoms with Crippen molar-refractivity contribution in [3.8, 4) is 0 Å². The quantitative estimate of drug-likeness (QED) is 0.219. The largest absolute Gasteiger partial charge is 0.462 e. The van der Waals surface area contributed by atoms with E-state index in [1.54, 1.807) is 6.92 Å². The lowest BCUT2D eigenvalue weighted by Gasteiger charge is -2.38. The van der Waals surface area contributed by atoms with E-state index in [9.17, 15) is 4.79 Å². The van der Waals surface area contributed by atoms with Gasteiger partial charge in [-0.25, -0.2) is 4.79 Å². The van der Waals surface area contributed by atoms with E-state index in [1.165, 1.54) is 56.3 Å². The third-order valence-electron chi connectivity index (χ3n) is 3.95. The maximum Gasteiger partial charge on any atom is 0.333 e. The predicted octanol–water partition coefficient (Wildman–Crippen LogP) is 4.32. The Kier molecular flexibility index (Phi) is 11.3. The molecule has 0 aliphatic carbocycles. The van der Waals surface area contributed by atoms with Crippen molar-refractivity contribution >= 4 is 5.97 Å². The second kappa shape index (κ2) is 11.8. The monoisotopic (exact) mass is 298 g/mol. The van der Waals surface area contributed by atoms with Gasteiger partial charge in [-0.3, -0.25) is 0 Å². The minimum atomic E-state index is -0.261. The summed E-state index contributed by atoms with van der Waals surface area (Å²) in [5.41, 5.74) is 0.486. The van der Waals surface area contributed by atoms with Crippen molar-refractivity contribution < 1.29 is 14.0 Å². The van der Waals surface area contributed by atoms with Crippen LogP contribution in [0.5, 0.6) is 0 Å². The average Bonchev–Trinajstić information content (AvgIpc) is 2.43. The molecule has 21 heavy (non-hydrogen) atoms. The SMILES string of the molecule is C=C(C)C(=O)OCCCCC[N+](CCC)(CCC)CCC. The van der Waals surface area contributed by atoms with Crippen molar-refractivity contribution in [3.63, 3.8) is 0 Å². The number of nitrogens with zero attached hydrogens (tertiary/aromatic N) is 1. The number of ether oxygens (including phenoxy) is 1. The van der Waals surface area contributed by atoms with E-state index in [2.05, 4.69) is 27.4 Å². The first-order valence-corrected chi connectivity index (χ1v) is 8.69. The summed E-state index contributed by atoms with van der Waals surface area (Å²) in [6.07, 6.45) is 7.11. The van der Waals surface area contributed by atoms with Crippen LogP contribution in [0.1, 0.15) is 66.2 Å². The first-order chi connectivity index (χ1) is 10.0. The lowest BCUT2D eigenvalue weighted by atomic mass is 10.1. The molecule has 0 aliphatic rings. The highest BCUT2D eigenvalue weighted by atomic mass is 16.5. The summed E-state index contributed by atoms with van der Waals surface area (Å²) < 4.78 is 6.41. The van der Waals surface area contributed by atoms with Gasteiger partial charge >= 0.3 is 5.97 Å². The highest BCUT2D eigenvalue weighted by Crippen LogP contribution is 2.14. The van der Waals surface area contributed by atoms with Gasteiger partial charge in [0.05, 0.1) is 32.8 Å². The molecular weight excluding hydrogens is 262 g/mol. The summed E-state index contributed by atoms with van der Waals surface area (Å²) in [5.74, 6) is -0.261. The van der Waals surface area contributed by atoms with Crippen LogP contribution in [-0.4, -0.2) is 43.2 Å². The van der Waals surface area contributed by atoms with E-state index in [1.807, 2.05) is 0 Å². The molecule has 0 aromatic carbocycles. The molecule has 0 bridgehead atoms. The molecule has 0 aliphatic heterocycles. The molecule has 0 spiro atoms. The molecule has 0 aromatic rings. The van der Waals surface area contributed by atoms with Crippen LogP contribution in [0.4, 0.5) is 0 Å². The van der Waals surface area contributed by atoms with Crippen molar-refractivity contribution in [1.29, 1.82) is 0 Å². The fourth-order valence-corrected chi connectivity index (χ4v) is 3.11. The molecule has 0 N–H and O–H groups in total. The number of unbranched alkanes of at least 4 members (excludes halogenated alkanes) is 2. The van der Waals surface area contributed by atoms with Gasteiger partial charge in [-0.1, -0.05) is 27.4 Å². The number of quaternary nitrogens is 1. The van der Waals surface area contributed by atoms with Crippen LogP contribution in [-0.2, 0) is 9.53 Å². The van der Waals surface area contributed by atoms with Gasteiger partial charge in [0.15, 0.2) is 0 Å². The predicted molar refractivity (Wildman–Crippen MR) is 90.2 cm³/mol. The molecule has 124 valence electrons. The van der Waals surface area contributed by atoms with Gasteiger partial charge in [0.2, 0.25) is 0 Å². The number of carbonyl (C=O) groups excluding carboxylic acids is 1. The van der Waals surface area contributed by atoms with Crippen molar-refractivity contribution in [1.82, 2.24) is 0 Å². The molecule has 0 saturated heterocycles. The Morgan fingerprint density at radius 1 is 0.905 bits per heavy atom. The van der Waals surface area contributed by atoms with Gasteiger partial charge < -0.3 is 9.22 Å². The van der Waals surface area contributed by atoms with Gasteiger partial charge in [0, 0.05) is 5.57 Å². The fourth-order valence-electron chi connectivity index (χ4n) is 3.11. The van der Waals surface area contributed by atoms with E-state index in [0.29, 0.717) is 12.2 Å². The molecular formula is C18H36NO2+. The summed E-state index contributed by atoms with van der Waals surface area (Å²) >= 11 is 0. The van der Waals surface area contributed by atoms with E-state index >= 15 is 0 Å². The summed E-state index contributed by atoms with van der Waals surface area (Å²) in [5, 5.41) is 0. The first kappa shape index (κ1) is 20.2. The van der Waals surface area contributed by atoms with Crippen LogP contribution in [0.25, 0.3) is 0 Å². The minimum Gasteiger partial charge on any atom is -0.462 e. The van der Waals surface area contributed by atoms with Crippen LogP contribution in [0, 0.1) is 0 Å². The van der Waals surface area contributed by atoms with Gasteiger partial charge in [-0.2, -0.15) is 0 Å². The number of hydrogen-bond donors (Lipinski definition) is 0. The number of carbonyl (C=O) groups is 1. The summed E-state index contributed by atoms with van der Waals surface area (Å²) in [7, 11) is 0. The highest BCUT2D eigenvalue weighted by Gasteiger charge is 2.23. The zero-order chi connectivity index (χ0) is 16.1. The maximum atomic E-state index is 11.3. The molecule has 0 atom stereocenters. The standard InChI is InChI=1S/C18H36NO2/c1-6-12-19(13-7-2,14-8-3)15-10-9-11-16-21-18(20)17(4)5/h4,6-16H2,1-3,5H3/q+1. The third-order valence-corrected chi connectivity index (χ3v) is 3.95. The topological polar surface area (TPSA) is 26.3 Å². The van der Waals surface area contributed by atoms with Gasteiger partial charge in [0.25, 0.3) is 0 Å². The van der Waals surface area contributed by atoms with Crippen molar-refractivity contribution in [2.24, 2.45) is 0 Å². The summed E-state index contributed by atoms with van der Waals surface area (Å²) in [4.78, 5) is 11.3. The molecule has 0 unspecified atom stereocenters. The van der Waals surface area contributed by atoms with E-state index < -0.39 is 0 Å². The molecule has 0 radical (unpaired) electrons. The van der Waals surface area contributed by atoms with Crippen LogP contribution in [0.15, 0.2) is 12.2 Å². The number of esters is 1. The molecule has 0 rings (SSSR count). The Bertz CT molecular complexity index is 283. The van der Waals surface area contributed by atoms with Gasteiger partial charge in [0.1, 0.15) is 0 Å². The highest BCUT2D eigenvalue weighted by molar-refractivity contribution is 5.86. The van der Waals surface area contributed by atoms with E-state index in [0.717, 1.165) is 12.8 Å².